The summed E-state index contributed by atoms with van der Waals surface area (Å²) in [7, 11) is 0. The molecule has 5 N–H and O–H groups in total. The first-order valence-electron chi connectivity index (χ1n) is 16.0. The fourth-order valence-corrected chi connectivity index (χ4v) is 5.29. The molecule has 0 radical (unpaired) electrons. The summed E-state index contributed by atoms with van der Waals surface area (Å²) in [5.74, 6) is -1.01. The number of carbonyl (C=O) groups is 4. The Balaban J connectivity index is 2.30. The number of hydrogen-bond donors (Lipinski definition) is 4. The molecule has 1 aromatic carbocycles. The number of carbonyl (C=O) groups excluding carboxylic acids is 4. The molecule has 10 nitrogen and oxygen atoms in total. The number of alkyl carbamates (subject to hydrolysis) is 1. The Morgan fingerprint density at radius 1 is 1.02 bits per heavy atom. The topological polar surface area (TPSA) is 143 Å². The molecule has 246 valence electrons. The molecule has 0 unspecified atom stereocenters. The molecule has 0 aromatic heterocycles. The Labute approximate surface area is 263 Å². The van der Waals surface area contributed by atoms with E-state index in [0.29, 0.717) is 51.6 Å². The fraction of sp³-hybridized carbons (Fsp3) is 0.647. The monoisotopic (exact) mass is 613 g/mol. The van der Waals surface area contributed by atoms with E-state index < -0.39 is 29.7 Å². The molecule has 1 aromatic rings. The van der Waals surface area contributed by atoms with Gasteiger partial charge in [0.2, 0.25) is 17.7 Å². The number of likely N-dealkylation sites (tertiary alicyclic amines) is 1. The highest BCUT2D eigenvalue weighted by atomic mass is 16.6. The number of rotatable bonds is 15. The molecule has 1 saturated heterocycles. The van der Waals surface area contributed by atoms with Crippen LogP contribution in [-0.4, -0.2) is 71.6 Å². The van der Waals surface area contributed by atoms with Gasteiger partial charge in [0.25, 0.3) is 0 Å². The average Bonchev–Trinajstić information content (AvgIpc) is 3.41. The van der Waals surface area contributed by atoms with Crippen molar-refractivity contribution in [1.82, 2.24) is 20.9 Å². The summed E-state index contributed by atoms with van der Waals surface area (Å²) in [6.07, 6.45) is 6.54. The van der Waals surface area contributed by atoms with Gasteiger partial charge in [-0.25, -0.2) is 4.79 Å². The number of amides is 4. The molecule has 4 amide bonds. The van der Waals surface area contributed by atoms with Crippen LogP contribution in [0.5, 0.6) is 0 Å². The number of nitrogens with two attached hydrogens (primary N) is 1. The maximum Gasteiger partial charge on any atom is 0.408 e. The van der Waals surface area contributed by atoms with Crippen molar-refractivity contribution in [3.63, 3.8) is 0 Å². The second-order valence-corrected chi connectivity index (χ2v) is 13.4. The van der Waals surface area contributed by atoms with E-state index in [2.05, 4.69) is 29.8 Å². The Morgan fingerprint density at radius 2 is 1.70 bits per heavy atom. The van der Waals surface area contributed by atoms with Gasteiger partial charge in [0.15, 0.2) is 0 Å². The maximum atomic E-state index is 14.1. The largest absolute Gasteiger partial charge is 0.444 e. The van der Waals surface area contributed by atoms with Gasteiger partial charge in [0, 0.05) is 12.6 Å². The number of hydrogen-bond acceptors (Lipinski definition) is 6. The average molecular weight is 614 g/mol. The third kappa shape index (κ3) is 13.1. The first-order valence-corrected chi connectivity index (χ1v) is 16.0. The lowest BCUT2D eigenvalue weighted by Crippen LogP contribution is -2.54. The summed E-state index contributed by atoms with van der Waals surface area (Å²) in [4.78, 5) is 54.7. The van der Waals surface area contributed by atoms with E-state index >= 15 is 0 Å². The van der Waals surface area contributed by atoms with E-state index in [1.807, 2.05) is 77.1 Å². The Morgan fingerprint density at radius 3 is 2.30 bits per heavy atom. The van der Waals surface area contributed by atoms with Crippen LogP contribution in [0.1, 0.15) is 86.1 Å². The molecule has 0 aliphatic carbocycles. The zero-order chi connectivity index (χ0) is 32.9. The second kappa shape index (κ2) is 17.8. The summed E-state index contributed by atoms with van der Waals surface area (Å²) in [6, 6.07) is 7.94. The highest BCUT2D eigenvalue weighted by Gasteiger charge is 2.38. The zero-order valence-electron chi connectivity index (χ0n) is 27.7. The van der Waals surface area contributed by atoms with Gasteiger partial charge < -0.3 is 31.3 Å². The van der Waals surface area contributed by atoms with E-state index in [0.717, 1.165) is 5.56 Å². The lowest BCUT2D eigenvalue weighted by molar-refractivity contribution is -0.141. The van der Waals surface area contributed by atoms with Gasteiger partial charge in [-0.05, 0) is 91.2 Å². The third-order valence-electron chi connectivity index (χ3n) is 7.22. The lowest BCUT2D eigenvalue weighted by atomic mass is 9.95. The van der Waals surface area contributed by atoms with Crippen molar-refractivity contribution in [2.75, 3.05) is 13.1 Å². The van der Waals surface area contributed by atoms with Gasteiger partial charge in [0.05, 0.1) is 12.0 Å². The van der Waals surface area contributed by atoms with Crippen LogP contribution >= 0.6 is 0 Å². The normalized spacial score (nSPS) is 17.4. The van der Waals surface area contributed by atoms with Crippen LogP contribution in [0.25, 0.3) is 0 Å². The number of ether oxygens (including phenoxy) is 1. The predicted molar refractivity (Wildman–Crippen MR) is 174 cm³/mol. The van der Waals surface area contributed by atoms with Crippen LogP contribution in [-0.2, 0) is 25.5 Å². The molecule has 0 bridgehead atoms. The van der Waals surface area contributed by atoms with Gasteiger partial charge in [-0.1, -0.05) is 56.3 Å². The molecule has 4 atom stereocenters. The summed E-state index contributed by atoms with van der Waals surface area (Å²) in [5, 5.41) is 8.71. The van der Waals surface area contributed by atoms with Crippen molar-refractivity contribution in [3.8, 4) is 0 Å². The number of nitrogens with one attached hydrogen (secondary N) is 3. The molecular weight excluding hydrogens is 558 g/mol. The smallest absolute Gasteiger partial charge is 0.408 e. The van der Waals surface area contributed by atoms with Crippen molar-refractivity contribution >= 4 is 23.8 Å². The first kappa shape index (κ1) is 36.8. The third-order valence-corrected chi connectivity index (χ3v) is 7.22. The van der Waals surface area contributed by atoms with Gasteiger partial charge in [-0.3, -0.25) is 14.4 Å². The van der Waals surface area contributed by atoms with Crippen LogP contribution in [0.4, 0.5) is 4.79 Å². The molecule has 2 rings (SSSR count). The molecule has 1 fully saturated rings. The zero-order valence-corrected chi connectivity index (χ0v) is 27.7. The maximum absolute atomic E-state index is 14.1. The predicted octanol–water partition coefficient (Wildman–Crippen LogP) is 4.08. The fourth-order valence-electron chi connectivity index (χ4n) is 5.29. The minimum absolute atomic E-state index is 0.0702. The molecule has 1 aliphatic rings. The van der Waals surface area contributed by atoms with Crippen LogP contribution in [0, 0.1) is 11.8 Å². The van der Waals surface area contributed by atoms with Crippen molar-refractivity contribution in [2.45, 2.75) is 117 Å². The summed E-state index contributed by atoms with van der Waals surface area (Å²) < 4.78 is 5.48. The molecule has 0 spiro atoms. The molecule has 1 aliphatic heterocycles. The molecular formula is C34H55N5O5. The molecule has 1 heterocycles. The van der Waals surface area contributed by atoms with Gasteiger partial charge in [0.1, 0.15) is 17.7 Å². The molecule has 10 heteroatoms. The highest BCUT2D eigenvalue weighted by Crippen LogP contribution is 2.24. The van der Waals surface area contributed by atoms with Crippen molar-refractivity contribution in [3.05, 3.63) is 48.0 Å². The number of benzene rings is 1. The van der Waals surface area contributed by atoms with Crippen molar-refractivity contribution < 1.29 is 23.9 Å². The summed E-state index contributed by atoms with van der Waals surface area (Å²) in [6.45, 7) is 14.2. The number of nitrogens with zero attached hydrogens (tertiary/aromatic N) is 1. The van der Waals surface area contributed by atoms with E-state index in [1.54, 1.807) is 4.90 Å². The Bertz CT molecular complexity index is 1100. The SMILES string of the molecule is CC(C)C[C@@H](/C=C/[C@@H](Cc1ccccc1)C(=O)N1CCC[C@H]1C(=O)N[C@@H](CCCN)C(=O)NC(C)C)NC(=O)OC(C)(C)C. The lowest BCUT2D eigenvalue weighted by Gasteiger charge is -2.29. The highest BCUT2D eigenvalue weighted by molar-refractivity contribution is 5.93. The van der Waals surface area contributed by atoms with Gasteiger partial charge >= 0.3 is 6.09 Å². The molecule has 44 heavy (non-hydrogen) atoms. The first-order chi connectivity index (χ1) is 20.7. The summed E-state index contributed by atoms with van der Waals surface area (Å²) in [5.41, 5.74) is 6.04. The van der Waals surface area contributed by atoms with Gasteiger partial charge in [-0.15, -0.1) is 0 Å². The van der Waals surface area contributed by atoms with E-state index in [1.165, 1.54) is 0 Å². The quantitative estimate of drug-likeness (QED) is 0.220. The van der Waals surface area contributed by atoms with E-state index in [-0.39, 0.29) is 35.7 Å². The van der Waals surface area contributed by atoms with E-state index in [9.17, 15) is 19.2 Å². The molecule has 0 saturated carbocycles. The second-order valence-electron chi connectivity index (χ2n) is 13.4. The minimum atomic E-state index is -0.721. The van der Waals surface area contributed by atoms with E-state index in [4.69, 9.17) is 10.5 Å². The van der Waals surface area contributed by atoms with Crippen molar-refractivity contribution in [2.24, 2.45) is 17.6 Å². The van der Waals surface area contributed by atoms with Crippen LogP contribution in [0.2, 0.25) is 0 Å². The Kier molecular flexibility index (Phi) is 14.9. The van der Waals surface area contributed by atoms with Crippen molar-refractivity contribution in [1.29, 1.82) is 0 Å². The van der Waals surface area contributed by atoms with Crippen LogP contribution < -0.4 is 21.7 Å². The summed E-state index contributed by atoms with van der Waals surface area (Å²) >= 11 is 0. The standard InChI is InChI=1S/C34H55N5O5/c1-23(2)21-27(37-33(43)44-34(5,6)7)18-17-26(22-25-13-9-8-10-14-25)32(42)39-20-12-16-29(39)31(41)38-28(15-11-19-35)30(40)36-24(3)4/h8-10,13-14,17-18,23-24,26-29H,11-12,15-16,19-22,35H2,1-7H3,(H,36,40)(H,37,43)(H,38,41)/b18-17+/t26-,27+,28-,29-/m0/s1. The van der Waals surface area contributed by atoms with Crippen LogP contribution in [0.15, 0.2) is 42.5 Å². The minimum Gasteiger partial charge on any atom is -0.444 e. The van der Waals surface area contributed by atoms with Crippen LogP contribution in [0.3, 0.4) is 0 Å². The van der Waals surface area contributed by atoms with Gasteiger partial charge in [-0.2, -0.15) is 0 Å². The Hall–Kier alpha value is -3.40.